The molecule has 1 aromatic carbocycles. The number of hydrogen-bond acceptors (Lipinski definition) is 8. The van der Waals surface area contributed by atoms with Crippen molar-refractivity contribution in [1.29, 1.82) is 0 Å². The highest BCUT2D eigenvalue weighted by molar-refractivity contribution is 6.07. The summed E-state index contributed by atoms with van der Waals surface area (Å²) in [6.07, 6.45) is 7.40. The summed E-state index contributed by atoms with van der Waals surface area (Å²) >= 11 is 0. The third-order valence-electron chi connectivity index (χ3n) is 4.73. The highest BCUT2D eigenvalue weighted by atomic mass is 35.5. The maximum absolute atomic E-state index is 12.6. The van der Waals surface area contributed by atoms with Gasteiger partial charge in [0.05, 0.1) is 46.4 Å². The first-order valence-electron chi connectivity index (χ1n) is 10.8. The van der Waals surface area contributed by atoms with Crippen LogP contribution < -0.4 is 18.9 Å². The molecule has 0 amide bonds. The summed E-state index contributed by atoms with van der Waals surface area (Å²) in [4.78, 5) is 28.2. The van der Waals surface area contributed by atoms with Crippen LogP contribution in [0.3, 0.4) is 0 Å². The Balaban J connectivity index is 0.00000578. The lowest BCUT2D eigenvalue weighted by Crippen LogP contribution is -2.04. The van der Waals surface area contributed by atoms with Crippen LogP contribution in [0.5, 0.6) is 23.0 Å². The average molecular weight is 494 g/mol. The number of pyridine rings is 1. The summed E-state index contributed by atoms with van der Waals surface area (Å²) in [7, 11) is 4.60. The van der Waals surface area contributed by atoms with Crippen molar-refractivity contribution in [3.8, 4) is 23.0 Å². The molecule has 2 aromatic rings. The number of carbonyl (C=O) groups is 2. The molecule has 186 valence electrons. The van der Waals surface area contributed by atoms with Gasteiger partial charge in [-0.05, 0) is 56.5 Å². The van der Waals surface area contributed by atoms with E-state index in [4.69, 9.17) is 23.7 Å². The molecule has 1 aromatic heterocycles. The number of methoxy groups -OCH3 is 3. The van der Waals surface area contributed by atoms with Gasteiger partial charge in [-0.25, -0.2) is 0 Å². The van der Waals surface area contributed by atoms with Crippen LogP contribution in [0.25, 0.3) is 6.08 Å². The predicted octanol–water partition coefficient (Wildman–Crippen LogP) is 4.93. The Hall–Kier alpha value is -3.26. The number of hydrogen-bond donors (Lipinski definition) is 0. The van der Waals surface area contributed by atoms with E-state index in [1.54, 1.807) is 50.6 Å². The van der Waals surface area contributed by atoms with Crippen molar-refractivity contribution in [2.45, 2.75) is 32.6 Å². The molecule has 0 unspecified atom stereocenters. The first-order chi connectivity index (χ1) is 16.0. The first-order valence-corrected chi connectivity index (χ1v) is 10.8. The number of esters is 1. The highest BCUT2D eigenvalue weighted by Crippen LogP contribution is 2.29. The molecular formula is C25H32ClNO7. The standard InChI is InChI=1S/C25H31NO7.ClH/c1-5-32-25(28)9-7-6-8-14-33-23-16-19(26-17-24(23)31-4)11-12-20(27)18-10-13-21(29-2)22(15-18)30-3;/h10-13,15-17H,5-9,14H2,1-4H3;1H/b12-11+;. The molecule has 9 heteroatoms. The van der Waals surface area contributed by atoms with Gasteiger partial charge in [-0.15, -0.1) is 12.4 Å². The number of unbranched alkanes of at least 4 members (excludes halogenated alkanes) is 2. The van der Waals surface area contributed by atoms with E-state index in [1.807, 2.05) is 0 Å². The molecule has 0 aliphatic carbocycles. The number of halogens is 1. The number of rotatable bonds is 14. The largest absolute Gasteiger partial charge is 0.493 e. The normalized spacial score (nSPS) is 10.4. The van der Waals surface area contributed by atoms with E-state index in [2.05, 4.69) is 4.98 Å². The molecule has 2 rings (SSSR count). The average Bonchev–Trinajstić information content (AvgIpc) is 2.84. The Morgan fingerprint density at radius 1 is 0.912 bits per heavy atom. The Morgan fingerprint density at radius 2 is 1.65 bits per heavy atom. The fourth-order valence-electron chi connectivity index (χ4n) is 3.01. The number of carbonyl (C=O) groups excluding carboxylic acids is 2. The topological polar surface area (TPSA) is 93.2 Å². The number of nitrogens with zero attached hydrogens (tertiary/aromatic N) is 1. The van der Waals surface area contributed by atoms with E-state index in [-0.39, 0.29) is 24.2 Å². The molecule has 0 spiro atoms. The van der Waals surface area contributed by atoms with Gasteiger partial charge in [-0.2, -0.15) is 0 Å². The van der Waals surface area contributed by atoms with Gasteiger partial charge in [0, 0.05) is 18.1 Å². The van der Waals surface area contributed by atoms with Crippen LogP contribution in [0.2, 0.25) is 0 Å². The Morgan fingerprint density at radius 3 is 2.32 bits per heavy atom. The van der Waals surface area contributed by atoms with E-state index in [0.717, 1.165) is 19.3 Å². The number of benzene rings is 1. The SMILES string of the molecule is CCOC(=O)CCCCCOc1cc(/C=C/C(=O)c2ccc(OC)c(OC)c2)ncc1OC.Cl. The molecule has 0 atom stereocenters. The van der Waals surface area contributed by atoms with Crippen molar-refractivity contribution in [3.63, 3.8) is 0 Å². The maximum atomic E-state index is 12.6. The molecule has 34 heavy (non-hydrogen) atoms. The first kappa shape index (κ1) is 28.8. The summed E-state index contributed by atoms with van der Waals surface area (Å²) in [5.41, 5.74) is 1.03. The van der Waals surface area contributed by atoms with Gasteiger partial charge >= 0.3 is 5.97 Å². The Labute approximate surface area is 206 Å². The second-order valence-corrected chi connectivity index (χ2v) is 6.99. The lowest BCUT2D eigenvalue weighted by Gasteiger charge is -2.11. The van der Waals surface area contributed by atoms with Gasteiger partial charge in [0.2, 0.25) is 0 Å². The molecule has 1 heterocycles. The van der Waals surface area contributed by atoms with Crippen molar-refractivity contribution in [2.75, 3.05) is 34.5 Å². The number of allylic oxidation sites excluding steroid dienone is 1. The summed E-state index contributed by atoms with van der Waals surface area (Å²) in [6, 6.07) is 6.70. The van der Waals surface area contributed by atoms with E-state index >= 15 is 0 Å². The molecule has 0 fully saturated rings. The minimum atomic E-state index is -0.197. The number of ketones is 1. The molecule has 0 N–H and O–H groups in total. The van der Waals surface area contributed by atoms with Crippen LogP contribution in [-0.4, -0.2) is 51.3 Å². The number of aromatic nitrogens is 1. The van der Waals surface area contributed by atoms with Crippen molar-refractivity contribution >= 4 is 30.2 Å². The molecule has 0 saturated heterocycles. The summed E-state index contributed by atoms with van der Waals surface area (Å²) in [6.45, 7) is 2.67. The lowest BCUT2D eigenvalue weighted by molar-refractivity contribution is -0.143. The minimum absolute atomic E-state index is 0. The van der Waals surface area contributed by atoms with Gasteiger partial charge < -0.3 is 23.7 Å². The van der Waals surface area contributed by atoms with Crippen LogP contribution in [0.15, 0.2) is 36.5 Å². The van der Waals surface area contributed by atoms with E-state index < -0.39 is 0 Å². The van der Waals surface area contributed by atoms with Crippen LogP contribution in [0, 0.1) is 0 Å². The van der Waals surface area contributed by atoms with Crippen molar-refractivity contribution < 1.29 is 33.3 Å². The van der Waals surface area contributed by atoms with Crippen LogP contribution in [0.1, 0.15) is 48.7 Å². The van der Waals surface area contributed by atoms with Gasteiger partial charge in [0.25, 0.3) is 0 Å². The molecule has 0 bridgehead atoms. The summed E-state index contributed by atoms with van der Waals surface area (Å²) in [5, 5.41) is 0. The third kappa shape index (κ3) is 8.94. The highest BCUT2D eigenvalue weighted by Gasteiger charge is 2.10. The van der Waals surface area contributed by atoms with Crippen LogP contribution in [0.4, 0.5) is 0 Å². The second kappa shape index (κ2) is 15.6. The van der Waals surface area contributed by atoms with E-state index in [0.29, 0.717) is 53.9 Å². The molecule has 8 nitrogen and oxygen atoms in total. The molecule has 0 aliphatic rings. The van der Waals surface area contributed by atoms with Crippen molar-refractivity contribution in [2.24, 2.45) is 0 Å². The fraction of sp³-hybridized carbons (Fsp3) is 0.400. The monoisotopic (exact) mass is 493 g/mol. The molecule has 0 radical (unpaired) electrons. The fourth-order valence-corrected chi connectivity index (χ4v) is 3.01. The molecular weight excluding hydrogens is 462 g/mol. The zero-order valence-electron chi connectivity index (χ0n) is 20.0. The van der Waals surface area contributed by atoms with Crippen molar-refractivity contribution in [1.82, 2.24) is 4.98 Å². The smallest absolute Gasteiger partial charge is 0.305 e. The maximum Gasteiger partial charge on any atom is 0.305 e. The van der Waals surface area contributed by atoms with Crippen molar-refractivity contribution in [3.05, 3.63) is 47.8 Å². The van der Waals surface area contributed by atoms with Gasteiger partial charge in [0.15, 0.2) is 28.8 Å². The van der Waals surface area contributed by atoms with Crippen LogP contribution >= 0.6 is 12.4 Å². The number of ether oxygens (including phenoxy) is 5. The van der Waals surface area contributed by atoms with Crippen LogP contribution in [-0.2, 0) is 9.53 Å². The lowest BCUT2D eigenvalue weighted by atomic mass is 10.1. The van der Waals surface area contributed by atoms with Gasteiger partial charge in [-0.3, -0.25) is 14.6 Å². The predicted molar refractivity (Wildman–Crippen MR) is 132 cm³/mol. The second-order valence-electron chi connectivity index (χ2n) is 6.99. The van der Waals surface area contributed by atoms with E-state index in [9.17, 15) is 9.59 Å². The Kier molecular flexibility index (Phi) is 13.2. The minimum Gasteiger partial charge on any atom is -0.493 e. The molecule has 0 saturated carbocycles. The third-order valence-corrected chi connectivity index (χ3v) is 4.73. The zero-order chi connectivity index (χ0) is 24.1. The summed E-state index contributed by atoms with van der Waals surface area (Å²) in [5.74, 6) is 1.71. The quantitative estimate of drug-likeness (QED) is 0.158. The van der Waals surface area contributed by atoms with Gasteiger partial charge in [0.1, 0.15) is 0 Å². The Bertz CT molecular complexity index is 962. The van der Waals surface area contributed by atoms with E-state index in [1.165, 1.54) is 20.3 Å². The zero-order valence-corrected chi connectivity index (χ0v) is 20.8. The summed E-state index contributed by atoms with van der Waals surface area (Å²) < 4.78 is 26.5. The molecule has 0 aliphatic heterocycles. The van der Waals surface area contributed by atoms with Gasteiger partial charge in [-0.1, -0.05) is 0 Å².